The summed E-state index contributed by atoms with van der Waals surface area (Å²) in [6, 6.07) is 12.1. The van der Waals surface area contributed by atoms with Gasteiger partial charge in [0.2, 0.25) is 0 Å². The second-order valence-corrected chi connectivity index (χ2v) is 8.65. The molecule has 1 heterocycles. The number of phenolic OH excluding ortho intramolecular Hbond substituents is 1. The van der Waals surface area contributed by atoms with Crippen molar-refractivity contribution in [2.45, 2.75) is 25.8 Å². The molecule has 3 N–H and O–H groups in total. The van der Waals surface area contributed by atoms with Crippen molar-refractivity contribution < 1.29 is 19.4 Å². The fraction of sp³-hybridized carbons (Fsp3) is 0.462. The highest BCUT2D eigenvalue weighted by molar-refractivity contribution is 5.99. The number of carbonyl (C=O) groups excluding carboxylic acids is 2. The average Bonchev–Trinajstić information content (AvgIpc) is 2.87. The Morgan fingerprint density at radius 1 is 1.06 bits per heavy atom. The van der Waals surface area contributed by atoms with Crippen molar-refractivity contribution in [3.8, 4) is 11.5 Å². The summed E-state index contributed by atoms with van der Waals surface area (Å²) in [7, 11) is 3.32. The monoisotopic (exact) mass is 468 g/mol. The molecule has 3 rings (SSSR count). The Bertz CT molecular complexity index is 960. The molecule has 0 aliphatic carbocycles. The topological polar surface area (TPSA) is 94.1 Å². The number of ether oxygens (including phenoxy) is 1. The van der Waals surface area contributed by atoms with Gasteiger partial charge in [0, 0.05) is 50.9 Å². The first-order valence-electron chi connectivity index (χ1n) is 11.9. The molecule has 1 fully saturated rings. The third-order valence-electron chi connectivity index (χ3n) is 6.08. The van der Waals surface area contributed by atoms with Crippen molar-refractivity contribution in [1.29, 1.82) is 0 Å². The number of amides is 2. The molecule has 2 aromatic rings. The molecule has 184 valence electrons. The number of piperidine rings is 1. The Hall–Kier alpha value is -3.10. The summed E-state index contributed by atoms with van der Waals surface area (Å²) in [5, 5.41) is 15.9. The van der Waals surface area contributed by atoms with Crippen molar-refractivity contribution >= 4 is 11.8 Å². The zero-order chi connectivity index (χ0) is 24.3. The summed E-state index contributed by atoms with van der Waals surface area (Å²) in [5.41, 5.74) is 1.90. The number of methoxy groups -OCH3 is 1. The second-order valence-electron chi connectivity index (χ2n) is 8.65. The van der Waals surface area contributed by atoms with Crippen molar-refractivity contribution in [2.24, 2.45) is 0 Å². The number of carbonyl (C=O) groups is 2. The van der Waals surface area contributed by atoms with E-state index in [0.29, 0.717) is 43.1 Å². The minimum absolute atomic E-state index is 0.0731. The normalized spacial score (nSPS) is 13.9. The average molecular weight is 469 g/mol. The highest BCUT2D eigenvalue weighted by Gasteiger charge is 2.16. The molecule has 0 aromatic heterocycles. The van der Waals surface area contributed by atoms with E-state index in [9.17, 15) is 14.7 Å². The van der Waals surface area contributed by atoms with Crippen molar-refractivity contribution in [1.82, 2.24) is 20.4 Å². The van der Waals surface area contributed by atoms with E-state index in [1.807, 2.05) is 13.1 Å². The highest BCUT2D eigenvalue weighted by atomic mass is 16.5. The van der Waals surface area contributed by atoms with E-state index in [1.165, 1.54) is 26.4 Å². The lowest BCUT2D eigenvalue weighted by molar-refractivity contribution is 0.0773. The molecule has 1 aliphatic rings. The van der Waals surface area contributed by atoms with Crippen LogP contribution in [0.15, 0.2) is 42.5 Å². The maximum absolute atomic E-state index is 12.8. The molecule has 8 nitrogen and oxygen atoms in total. The van der Waals surface area contributed by atoms with Gasteiger partial charge in [0.25, 0.3) is 11.8 Å². The van der Waals surface area contributed by atoms with Crippen LogP contribution in [0.25, 0.3) is 0 Å². The Morgan fingerprint density at radius 3 is 2.56 bits per heavy atom. The molecule has 1 saturated heterocycles. The largest absolute Gasteiger partial charge is 0.504 e. The molecule has 0 atom stereocenters. The summed E-state index contributed by atoms with van der Waals surface area (Å²) >= 11 is 0. The van der Waals surface area contributed by atoms with Gasteiger partial charge in [-0.2, -0.15) is 0 Å². The Kier molecular flexibility index (Phi) is 9.73. The van der Waals surface area contributed by atoms with Crippen LogP contribution in [0.4, 0.5) is 0 Å². The summed E-state index contributed by atoms with van der Waals surface area (Å²) in [6.45, 7) is 5.33. The van der Waals surface area contributed by atoms with E-state index >= 15 is 0 Å². The number of phenols is 1. The first-order chi connectivity index (χ1) is 16.5. The zero-order valence-electron chi connectivity index (χ0n) is 20.2. The molecule has 8 heteroatoms. The van der Waals surface area contributed by atoms with Gasteiger partial charge >= 0.3 is 0 Å². The number of rotatable bonds is 11. The highest BCUT2D eigenvalue weighted by Crippen LogP contribution is 2.26. The van der Waals surface area contributed by atoms with Gasteiger partial charge in [0.15, 0.2) is 11.5 Å². The van der Waals surface area contributed by atoms with Gasteiger partial charge in [-0.05, 0) is 61.8 Å². The first-order valence-corrected chi connectivity index (χ1v) is 11.9. The van der Waals surface area contributed by atoms with Crippen molar-refractivity contribution in [3.05, 3.63) is 59.2 Å². The molecular formula is C26H36N4O4. The quantitative estimate of drug-likeness (QED) is 0.439. The van der Waals surface area contributed by atoms with E-state index in [1.54, 1.807) is 41.3 Å². The van der Waals surface area contributed by atoms with Crippen LogP contribution >= 0.6 is 0 Å². The minimum atomic E-state index is -0.213. The van der Waals surface area contributed by atoms with Gasteiger partial charge in [-0.25, -0.2) is 0 Å². The van der Waals surface area contributed by atoms with Gasteiger partial charge in [-0.1, -0.05) is 18.6 Å². The predicted octanol–water partition coefficient (Wildman–Crippen LogP) is 2.48. The van der Waals surface area contributed by atoms with Gasteiger partial charge < -0.3 is 30.3 Å². The molecule has 0 unspecified atom stereocenters. The number of hydrogen-bond acceptors (Lipinski definition) is 6. The first kappa shape index (κ1) is 25.5. The van der Waals surface area contributed by atoms with Crippen LogP contribution in [-0.2, 0) is 6.54 Å². The second kappa shape index (κ2) is 13.0. The Labute approximate surface area is 201 Å². The fourth-order valence-electron chi connectivity index (χ4n) is 4.03. The van der Waals surface area contributed by atoms with Gasteiger partial charge in [0.1, 0.15) is 0 Å². The van der Waals surface area contributed by atoms with Crippen molar-refractivity contribution in [3.63, 3.8) is 0 Å². The molecule has 0 radical (unpaired) electrons. The van der Waals surface area contributed by atoms with Crippen LogP contribution in [0.5, 0.6) is 11.5 Å². The van der Waals surface area contributed by atoms with Crippen LogP contribution in [0.3, 0.4) is 0 Å². The van der Waals surface area contributed by atoms with E-state index in [0.717, 1.165) is 25.2 Å². The van der Waals surface area contributed by atoms with Crippen molar-refractivity contribution in [2.75, 3.05) is 53.4 Å². The number of aromatic hydroxyl groups is 1. The Balaban J connectivity index is 1.41. The summed E-state index contributed by atoms with van der Waals surface area (Å²) < 4.78 is 5.04. The fourth-order valence-corrected chi connectivity index (χ4v) is 4.03. The lowest BCUT2D eigenvalue weighted by atomic mass is 10.1. The van der Waals surface area contributed by atoms with E-state index in [-0.39, 0.29) is 17.6 Å². The molecule has 2 aromatic carbocycles. The van der Waals surface area contributed by atoms with Crippen LogP contribution < -0.4 is 15.4 Å². The minimum Gasteiger partial charge on any atom is -0.504 e. The summed E-state index contributed by atoms with van der Waals surface area (Å²) in [5.74, 6) is 0.247. The Morgan fingerprint density at radius 2 is 1.82 bits per heavy atom. The number of likely N-dealkylation sites (N-methyl/N-ethyl adjacent to an activating group) is 1. The van der Waals surface area contributed by atoms with Crippen LogP contribution in [0.2, 0.25) is 0 Å². The molecule has 2 amide bonds. The SMILES string of the molecule is COc1ccc(CNCCNC(=O)c2cccc(C(=O)N(C)CCN3CCCCC3)c2)cc1O. The number of nitrogens with one attached hydrogen (secondary N) is 2. The smallest absolute Gasteiger partial charge is 0.253 e. The van der Waals surface area contributed by atoms with Crippen LogP contribution in [0.1, 0.15) is 45.5 Å². The third kappa shape index (κ3) is 7.46. The third-order valence-corrected chi connectivity index (χ3v) is 6.08. The molecule has 0 saturated carbocycles. The number of benzene rings is 2. The molecule has 34 heavy (non-hydrogen) atoms. The summed E-state index contributed by atoms with van der Waals surface area (Å²) in [6.07, 6.45) is 3.76. The van der Waals surface area contributed by atoms with Gasteiger partial charge in [0.05, 0.1) is 7.11 Å². The molecular weight excluding hydrogens is 432 g/mol. The lowest BCUT2D eigenvalue weighted by Gasteiger charge is -2.28. The standard InChI is InChI=1S/C26H36N4O4/c1-29(15-16-30-13-4-3-5-14-30)26(33)22-8-6-7-21(18-22)25(32)28-12-11-27-19-20-9-10-24(34-2)23(31)17-20/h6-10,17-18,27,31H,3-5,11-16,19H2,1-2H3,(H,28,32). The van der Waals surface area contributed by atoms with Crippen LogP contribution in [-0.4, -0.2) is 80.1 Å². The number of hydrogen-bond donors (Lipinski definition) is 3. The van der Waals surface area contributed by atoms with E-state index in [4.69, 9.17) is 4.74 Å². The van der Waals surface area contributed by atoms with E-state index < -0.39 is 0 Å². The van der Waals surface area contributed by atoms with E-state index in [2.05, 4.69) is 15.5 Å². The maximum Gasteiger partial charge on any atom is 0.253 e. The molecule has 1 aliphatic heterocycles. The number of likely N-dealkylation sites (tertiary alicyclic amines) is 1. The van der Waals surface area contributed by atoms with Gasteiger partial charge in [-0.3, -0.25) is 9.59 Å². The predicted molar refractivity (Wildman–Crippen MR) is 132 cm³/mol. The number of nitrogens with zero attached hydrogens (tertiary/aromatic N) is 2. The zero-order valence-corrected chi connectivity index (χ0v) is 20.2. The lowest BCUT2D eigenvalue weighted by Crippen LogP contribution is -2.38. The van der Waals surface area contributed by atoms with Gasteiger partial charge in [-0.15, -0.1) is 0 Å². The van der Waals surface area contributed by atoms with Crippen LogP contribution in [0, 0.1) is 0 Å². The summed E-state index contributed by atoms with van der Waals surface area (Å²) in [4.78, 5) is 29.5. The molecule has 0 spiro atoms. The maximum atomic E-state index is 12.8. The molecule has 0 bridgehead atoms.